The lowest BCUT2D eigenvalue weighted by Crippen LogP contribution is -2.10. The van der Waals surface area contributed by atoms with Crippen LogP contribution in [-0.2, 0) is 4.74 Å². The fourth-order valence-corrected chi connectivity index (χ4v) is 1.52. The van der Waals surface area contributed by atoms with Crippen LogP contribution in [0.4, 0.5) is 5.69 Å². The number of phenols is 1. The van der Waals surface area contributed by atoms with Gasteiger partial charge in [-0.3, -0.25) is 0 Å². The minimum atomic E-state index is 0.266. The largest absolute Gasteiger partial charge is 0.506 e. The van der Waals surface area contributed by atoms with Crippen LogP contribution in [0.2, 0.25) is 0 Å². The highest BCUT2D eigenvalue weighted by Gasteiger charge is 2.13. The summed E-state index contributed by atoms with van der Waals surface area (Å²) in [6.45, 7) is 1.36. The number of anilines is 1. The fraction of sp³-hybridized carbons (Fsp3) is 0.364. The quantitative estimate of drug-likeness (QED) is 0.791. The van der Waals surface area contributed by atoms with Gasteiger partial charge in [0.05, 0.1) is 12.2 Å². The number of hydrogen-bond acceptors (Lipinski definition) is 4. The molecule has 0 unspecified atom stereocenters. The minimum Gasteiger partial charge on any atom is -0.506 e. The Morgan fingerprint density at radius 3 is 2.80 bits per heavy atom. The molecule has 4 nitrogen and oxygen atoms in total. The third-order valence-corrected chi connectivity index (χ3v) is 2.29. The standard InChI is InChI=1S/C11H14N2O2/c1-13(2)9-7-8(3-4-10(9)14)11-12-5-6-15-11/h3-4,7,14H,5-6H2,1-2H3. The number of aromatic hydroxyl groups is 1. The number of ether oxygens (including phenoxy) is 1. The molecule has 80 valence electrons. The molecule has 1 heterocycles. The summed E-state index contributed by atoms with van der Waals surface area (Å²) < 4.78 is 5.36. The predicted molar refractivity (Wildman–Crippen MR) is 59.8 cm³/mol. The van der Waals surface area contributed by atoms with Crippen molar-refractivity contribution in [2.75, 3.05) is 32.1 Å². The van der Waals surface area contributed by atoms with Gasteiger partial charge in [-0.15, -0.1) is 0 Å². The first-order chi connectivity index (χ1) is 7.18. The van der Waals surface area contributed by atoms with Crippen LogP contribution in [0.15, 0.2) is 23.2 Å². The van der Waals surface area contributed by atoms with Crippen LogP contribution in [0.5, 0.6) is 5.75 Å². The second-order valence-corrected chi connectivity index (χ2v) is 3.63. The van der Waals surface area contributed by atoms with Gasteiger partial charge < -0.3 is 14.7 Å². The van der Waals surface area contributed by atoms with Crippen LogP contribution in [-0.4, -0.2) is 38.3 Å². The second kappa shape index (κ2) is 3.81. The van der Waals surface area contributed by atoms with Crippen LogP contribution in [0.1, 0.15) is 5.56 Å². The van der Waals surface area contributed by atoms with E-state index in [1.165, 1.54) is 0 Å². The van der Waals surface area contributed by atoms with Crippen molar-refractivity contribution in [2.45, 2.75) is 0 Å². The van der Waals surface area contributed by atoms with E-state index in [9.17, 15) is 5.11 Å². The Kier molecular flexibility index (Phi) is 2.49. The molecule has 1 aromatic carbocycles. The van der Waals surface area contributed by atoms with Gasteiger partial charge in [-0.25, -0.2) is 4.99 Å². The van der Waals surface area contributed by atoms with E-state index in [-0.39, 0.29) is 5.75 Å². The second-order valence-electron chi connectivity index (χ2n) is 3.63. The SMILES string of the molecule is CN(C)c1cc(C2=NCCO2)ccc1O. The van der Waals surface area contributed by atoms with E-state index in [1.807, 2.05) is 31.1 Å². The number of hydrogen-bond donors (Lipinski definition) is 1. The lowest BCUT2D eigenvalue weighted by Gasteiger charge is -2.15. The van der Waals surface area contributed by atoms with Gasteiger partial charge >= 0.3 is 0 Å². The van der Waals surface area contributed by atoms with Gasteiger partial charge in [-0.05, 0) is 18.2 Å². The summed E-state index contributed by atoms with van der Waals surface area (Å²) in [6, 6.07) is 5.35. The molecule has 0 saturated heterocycles. The minimum absolute atomic E-state index is 0.266. The topological polar surface area (TPSA) is 45.1 Å². The highest BCUT2D eigenvalue weighted by molar-refractivity contribution is 5.96. The van der Waals surface area contributed by atoms with Gasteiger partial charge in [-0.1, -0.05) is 0 Å². The smallest absolute Gasteiger partial charge is 0.216 e. The maximum absolute atomic E-state index is 9.63. The Labute approximate surface area is 88.8 Å². The van der Waals surface area contributed by atoms with Gasteiger partial charge in [0.1, 0.15) is 12.4 Å². The van der Waals surface area contributed by atoms with Crippen LogP contribution in [0.25, 0.3) is 0 Å². The van der Waals surface area contributed by atoms with Crippen molar-refractivity contribution >= 4 is 11.6 Å². The number of benzene rings is 1. The van der Waals surface area contributed by atoms with E-state index < -0.39 is 0 Å². The summed E-state index contributed by atoms with van der Waals surface area (Å²) in [4.78, 5) is 6.09. The van der Waals surface area contributed by atoms with Crippen molar-refractivity contribution in [1.29, 1.82) is 0 Å². The number of rotatable bonds is 2. The molecule has 0 spiro atoms. The van der Waals surface area contributed by atoms with Gasteiger partial charge in [0.2, 0.25) is 5.90 Å². The van der Waals surface area contributed by atoms with E-state index in [0.29, 0.717) is 19.0 Å². The highest BCUT2D eigenvalue weighted by atomic mass is 16.5. The highest BCUT2D eigenvalue weighted by Crippen LogP contribution is 2.27. The summed E-state index contributed by atoms with van der Waals surface area (Å²) in [5.74, 6) is 0.931. The molecule has 1 N–H and O–H groups in total. The summed E-state index contributed by atoms with van der Waals surface area (Å²) in [5, 5.41) is 9.63. The molecule has 0 aliphatic carbocycles. The van der Waals surface area contributed by atoms with Crippen LogP contribution in [0, 0.1) is 0 Å². The summed E-state index contributed by atoms with van der Waals surface area (Å²) in [7, 11) is 3.77. The molecule has 0 fully saturated rings. The van der Waals surface area contributed by atoms with Crippen molar-refractivity contribution in [3.63, 3.8) is 0 Å². The van der Waals surface area contributed by atoms with Crippen LogP contribution >= 0.6 is 0 Å². The fourth-order valence-electron chi connectivity index (χ4n) is 1.52. The summed E-state index contributed by atoms with van der Waals surface area (Å²) >= 11 is 0. The Morgan fingerprint density at radius 2 is 2.20 bits per heavy atom. The zero-order valence-corrected chi connectivity index (χ0v) is 8.90. The van der Waals surface area contributed by atoms with Crippen molar-refractivity contribution in [3.8, 4) is 5.75 Å². The predicted octanol–water partition coefficient (Wildman–Crippen LogP) is 1.23. The van der Waals surface area contributed by atoms with Crippen molar-refractivity contribution in [3.05, 3.63) is 23.8 Å². The molecular weight excluding hydrogens is 192 g/mol. The Balaban J connectivity index is 2.38. The Morgan fingerprint density at radius 1 is 1.40 bits per heavy atom. The number of aliphatic imine (C=N–C) groups is 1. The number of phenolic OH excluding ortho intramolecular Hbond substituents is 1. The first kappa shape index (κ1) is 9.83. The van der Waals surface area contributed by atoms with E-state index in [4.69, 9.17) is 4.74 Å². The molecule has 4 heteroatoms. The lowest BCUT2D eigenvalue weighted by atomic mass is 10.1. The van der Waals surface area contributed by atoms with E-state index >= 15 is 0 Å². The first-order valence-corrected chi connectivity index (χ1v) is 4.86. The molecule has 2 rings (SSSR count). The van der Waals surface area contributed by atoms with Crippen molar-refractivity contribution < 1.29 is 9.84 Å². The molecular formula is C11H14N2O2. The molecule has 0 atom stereocenters. The van der Waals surface area contributed by atoms with Crippen molar-refractivity contribution in [2.24, 2.45) is 4.99 Å². The third kappa shape index (κ3) is 1.88. The Bertz CT molecular complexity index is 400. The van der Waals surface area contributed by atoms with Gasteiger partial charge in [0.15, 0.2) is 0 Å². The zero-order valence-electron chi connectivity index (χ0n) is 8.90. The van der Waals surface area contributed by atoms with E-state index in [0.717, 1.165) is 11.3 Å². The maximum Gasteiger partial charge on any atom is 0.216 e. The zero-order chi connectivity index (χ0) is 10.8. The third-order valence-electron chi connectivity index (χ3n) is 2.29. The Hall–Kier alpha value is -1.71. The maximum atomic E-state index is 9.63. The van der Waals surface area contributed by atoms with Crippen LogP contribution in [0.3, 0.4) is 0 Å². The van der Waals surface area contributed by atoms with Gasteiger partial charge in [0.25, 0.3) is 0 Å². The summed E-state index contributed by atoms with van der Waals surface area (Å²) in [6.07, 6.45) is 0. The van der Waals surface area contributed by atoms with E-state index in [1.54, 1.807) is 6.07 Å². The monoisotopic (exact) mass is 206 g/mol. The number of nitrogens with zero attached hydrogens (tertiary/aromatic N) is 2. The average Bonchev–Trinajstić information content (AvgIpc) is 2.71. The van der Waals surface area contributed by atoms with Crippen LogP contribution < -0.4 is 4.90 Å². The molecule has 1 aliphatic heterocycles. The van der Waals surface area contributed by atoms with Gasteiger partial charge in [-0.2, -0.15) is 0 Å². The molecule has 0 saturated carbocycles. The average molecular weight is 206 g/mol. The molecule has 0 aromatic heterocycles. The summed E-state index contributed by atoms with van der Waals surface area (Å²) in [5.41, 5.74) is 1.68. The molecule has 0 bridgehead atoms. The van der Waals surface area contributed by atoms with E-state index in [2.05, 4.69) is 4.99 Å². The lowest BCUT2D eigenvalue weighted by molar-refractivity contribution is 0.348. The normalized spacial score (nSPS) is 14.7. The molecule has 1 aliphatic rings. The van der Waals surface area contributed by atoms with Crippen molar-refractivity contribution in [1.82, 2.24) is 0 Å². The molecule has 1 aromatic rings. The molecule has 0 amide bonds. The van der Waals surface area contributed by atoms with Gasteiger partial charge in [0, 0.05) is 19.7 Å². The molecule has 15 heavy (non-hydrogen) atoms. The molecule has 0 radical (unpaired) electrons. The first-order valence-electron chi connectivity index (χ1n) is 4.86.